The van der Waals surface area contributed by atoms with Crippen molar-refractivity contribution in [2.75, 3.05) is 0 Å². The van der Waals surface area contributed by atoms with Crippen LogP contribution in [0.4, 0.5) is 8.78 Å². The molecule has 2 N–H and O–H groups in total. The molecule has 0 bridgehead atoms. The van der Waals surface area contributed by atoms with Crippen LogP contribution in [0.15, 0.2) is 17.0 Å². The summed E-state index contributed by atoms with van der Waals surface area (Å²) in [5, 5.41) is 4.68. The van der Waals surface area contributed by atoms with E-state index < -0.39 is 37.9 Å². The minimum Gasteiger partial charge on any atom is -0.294 e. The van der Waals surface area contributed by atoms with Crippen molar-refractivity contribution in [1.29, 1.82) is 0 Å². The minimum absolute atomic E-state index is 0.673. The van der Waals surface area contributed by atoms with Gasteiger partial charge in [0.05, 0.1) is 5.56 Å². The van der Waals surface area contributed by atoms with E-state index in [1.165, 1.54) is 0 Å². The highest BCUT2D eigenvalue weighted by atomic mass is 32.2. The molecule has 0 radical (unpaired) electrons. The Bertz CT molecular complexity index is 525. The van der Waals surface area contributed by atoms with Crippen molar-refractivity contribution in [1.82, 2.24) is 0 Å². The van der Waals surface area contributed by atoms with Gasteiger partial charge >= 0.3 is 0 Å². The minimum atomic E-state index is -4.30. The first-order valence-electron chi connectivity index (χ1n) is 3.77. The number of rotatable bonds is 2. The highest BCUT2D eigenvalue weighted by Crippen LogP contribution is 2.20. The number of carbonyl (C=O) groups excluding carboxylic acids is 1. The van der Waals surface area contributed by atoms with Crippen LogP contribution in [-0.4, -0.2) is 14.2 Å². The fraction of sp³-hybridized carbons (Fsp3) is 0.125. The van der Waals surface area contributed by atoms with Gasteiger partial charge in [-0.3, -0.25) is 4.79 Å². The normalized spacial score (nSPS) is 11.5. The summed E-state index contributed by atoms with van der Waals surface area (Å²) < 4.78 is 48.0. The molecule has 0 fully saturated rings. The van der Waals surface area contributed by atoms with Gasteiger partial charge in [-0.15, -0.1) is 0 Å². The van der Waals surface area contributed by atoms with E-state index in [1.54, 1.807) is 0 Å². The van der Waals surface area contributed by atoms with Gasteiger partial charge in [-0.25, -0.2) is 22.3 Å². The SMILES string of the molecule is CC(=O)c1c(F)ccc(S(N)(=O)=O)c1F. The predicted octanol–water partition coefficient (Wildman–Crippen LogP) is 0.815. The van der Waals surface area contributed by atoms with E-state index in [2.05, 4.69) is 5.14 Å². The first-order chi connectivity index (χ1) is 6.75. The second kappa shape index (κ2) is 3.67. The number of hydrogen-bond acceptors (Lipinski definition) is 3. The summed E-state index contributed by atoms with van der Waals surface area (Å²) in [6.45, 7) is 0.925. The molecule has 0 heterocycles. The lowest BCUT2D eigenvalue weighted by atomic mass is 10.1. The van der Waals surface area contributed by atoms with Crippen molar-refractivity contribution in [2.45, 2.75) is 11.8 Å². The molecular weight excluding hydrogens is 228 g/mol. The fourth-order valence-corrected chi connectivity index (χ4v) is 1.69. The Morgan fingerprint density at radius 3 is 2.27 bits per heavy atom. The zero-order valence-corrected chi connectivity index (χ0v) is 8.44. The molecule has 7 heteroatoms. The van der Waals surface area contributed by atoms with Crippen molar-refractivity contribution in [3.05, 3.63) is 29.3 Å². The molecule has 0 saturated heterocycles. The van der Waals surface area contributed by atoms with E-state index in [-0.39, 0.29) is 0 Å². The maximum absolute atomic E-state index is 13.4. The lowest BCUT2D eigenvalue weighted by Gasteiger charge is -2.04. The number of hydrogen-bond donors (Lipinski definition) is 1. The third-order valence-electron chi connectivity index (χ3n) is 1.71. The molecule has 4 nitrogen and oxygen atoms in total. The highest BCUT2D eigenvalue weighted by Gasteiger charge is 2.22. The Labute approximate surface area is 84.8 Å². The Kier molecular flexibility index (Phi) is 2.87. The Morgan fingerprint density at radius 1 is 1.33 bits per heavy atom. The molecule has 0 unspecified atom stereocenters. The average molecular weight is 235 g/mol. The van der Waals surface area contributed by atoms with Crippen molar-refractivity contribution >= 4 is 15.8 Å². The lowest BCUT2D eigenvalue weighted by Crippen LogP contribution is -2.16. The summed E-state index contributed by atoms with van der Waals surface area (Å²) in [6.07, 6.45) is 0. The molecule has 15 heavy (non-hydrogen) atoms. The molecule has 1 aromatic carbocycles. The molecule has 0 aromatic heterocycles. The third-order valence-corrected chi connectivity index (χ3v) is 2.64. The number of halogens is 2. The van der Waals surface area contributed by atoms with E-state index in [4.69, 9.17) is 0 Å². The van der Waals surface area contributed by atoms with E-state index in [9.17, 15) is 22.0 Å². The molecule has 0 amide bonds. The number of Topliss-reactive ketones (excluding diaryl/α,β-unsaturated/α-hetero) is 1. The zero-order valence-electron chi connectivity index (χ0n) is 7.62. The van der Waals surface area contributed by atoms with Crippen LogP contribution in [0.2, 0.25) is 0 Å². The first kappa shape index (κ1) is 11.7. The number of ketones is 1. The van der Waals surface area contributed by atoms with Crippen LogP contribution in [0.5, 0.6) is 0 Å². The summed E-state index contributed by atoms with van der Waals surface area (Å²) in [4.78, 5) is 9.96. The van der Waals surface area contributed by atoms with Crippen LogP contribution < -0.4 is 5.14 Å². The fourth-order valence-electron chi connectivity index (χ4n) is 1.08. The zero-order chi connectivity index (χ0) is 11.8. The standard InChI is InChI=1S/C8H7F2NO3S/c1-4(12)7-5(9)2-3-6(8(7)10)15(11,13)14/h2-3H,1H3,(H2,11,13,14). The first-order valence-corrected chi connectivity index (χ1v) is 5.31. The van der Waals surface area contributed by atoms with Gasteiger partial charge in [0, 0.05) is 0 Å². The van der Waals surface area contributed by atoms with Crippen molar-refractivity contribution in [3.63, 3.8) is 0 Å². The van der Waals surface area contributed by atoms with Gasteiger partial charge in [0.15, 0.2) is 11.6 Å². The Morgan fingerprint density at radius 2 is 1.87 bits per heavy atom. The van der Waals surface area contributed by atoms with Crippen LogP contribution in [0.3, 0.4) is 0 Å². The van der Waals surface area contributed by atoms with Crippen LogP contribution in [0.25, 0.3) is 0 Å². The number of sulfonamides is 1. The summed E-state index contributed by atoms with van der Waals surface area (Å²) in [7, 11) is -4.30. The Balaban J connectivity index is 3.64. The molecule has 82 valence electrons. The van der Waals surface area contributed by atoms with Crippen molar-refractivity contribution in [3.8, 4) is 0 Å². The largest absolute Gasteiger partial charge is 0.294 e. The van der Waals surface area contributed by atoms with Crippen LogP contribution in [0, 0.1) is 11.6 Å². The second-order valence-corrected chi connectivity index (χ2v) is 4.37. The molecular formula is C8H7F2NO3S. The second-order valence-electron chi connectivity index (χ2n) is 2.84. The van der Waals surface area contributed by atoms with Gasteiger partial charge in [0.2, 0.25) is 10.0 Å². The monoisotopic (exact) mass is 235 g/mol. The van der Waals surface area contributed by atoms with E-state index in [0.717, 1.165) is 6.92 Å². The van der Waals surface area contributed by atoms with Crippen LogP contribution in [-0.2, 0) is 10.0 Å². The quantitative estimate of drug-likeness (QED) is 0.771. The van der Waals surface area contributed by atoms with Crippen molar-refractivity contribution < 1.29 is 22.0 Å². The topological polar surface area (TPSA) is 77.2 Å². The number of benzene rings is 1. The predicted molar refractivity (Wildman–Crippen MR) is 47.7 cm³/mol. The lowest BCUT2D eigenvalue weighted by molar-refractivity contribution is 0.100. The molecule has 0 aliphatic carbocycles. The molecule has 0 aliphatic heterocycles. The van der Waals surface area contributed by atoms with Gasteiger partial charge in [0.25, 0.3) is 0 Å². The van der Waals surface area contributed by atoms with Gasteiger partial charge in [0.1, 0.15) is 10.7 Å². The van der Waals surface area contributed by atoms with E-state index in [1.807, 2.05) is 0 Å². The van der Waals surface area contributed by atoms with E-state index >= 15 is 0 Å². The summed E-state index contributed by atoms with van der Waals surface area (Å²) in [5.74, 6) is -3.48. The molecule has 0 atom stereocenters. The van der Waals surface area contributed by atoms with Crippen molar-refractivity contribution in [2.24, 2.45) is 5.14 Å². The highest BCUT2D eigenvalue weighted by molar-refractivity contribution is 7.89. The Hall–Kier alpha value is -1.34. The van der Waals surface area contributed by atoms with E-state index in [0.29, 0.717) is 12.1 Å². The maximum Gasteiger partial charge on any atom is 0.240 e. The molecule has 1 rings (SSSR count). The summed E-state index contributed by atoms with van der Waals surface area (Å²) in [5.41, 5.74) is -0.901. The number of nitrogens with two attached hydrogens (primary N) is 1. The number of primary sulfonamides is 1. The maximum atomic E-state index is 13.4. The van der Waals surface area contributed by atoms with Crippen LogP contribution in [0.1, 0.15) is 17.3 Å². The smallest absolute Gasteiger partial charge is 0.240 e. The van der Waals surface area contributed by atoms with Gasteiger partial charge in [-0.1, -0.05) is 0 Å². The van der Waals surface area contributed by atoms with Gasteiger partial charge in [-0.2, -0.15) is 0 Å². The molecule has 0 aliphatic rings. The molecule has 1 aromatic rings. The number of carbonyl (C=O) groups is 1. The van der Waals surface area contributed by atoms with Crippen LogP contribution >= 0.6 is 0 Å². The molecule has 0 saturated carbocycles. The van der Waals surface area contributed by atoms with Gasteiger partial charge < -0.3 is 0 Å². The van der Waals surface area contributed by atoms with Gasteiger partial charge in [-0.05, 0) is 19.1 Å². The summed E-state index contributed by atoms with van der Waals surface area (Å²) >= 11 is 0. The molecule has 0 spiro atoms. The third kappa shape index (κ3) is 2.18. The average Bonchev–Trinajstić information content (AvgIpc) is 2.00. The summed E-state index contributed by atoms with van der Waals surface area (Å²) in [6, 6.07) is 1.35.